The average molecular weight is 389 g/mol. The Morgan fingerprint density at radius 1 is 1.04 bits per heavy atom. The Morgan fingerprint density at radius 2 is 1.70 bits per heavy atom. The van der Waals surface area contributed by atoms with Crippen LogP contribution in [0.4, 0.5) is 0 Å². The molecular weight excluding hydrogens is 360 g/mol. The van der Waals surface area contributed by atoms with Crippen LogP contribution in [0.25, 0.3) is 0 Å². The fourth-order valence-corrected chi connectivity index (χ4v) is 3.29. The van der Waals surface area contributed by atoms with E-state index in [2.05, 4.69) is 37.9 Å². The molecule has 1 amide bonds. The van der Waals surface area contributed by atoms with E-state index in [0.29, 0.717) is 29.4 Å². The molecule has 0 radical (unpaired) electrons. The van der Waals surface area contributed by atoms with E-state index in [4.69, 9.17) is 16.3 Å². The largest absolute Gasteiger partial charge is 0.476 e. The van der Waals surface area contributed by atoms with Crippen molar-refractivity contribution in [1.82, 2.24) is 10.2 Å². The molecule has 0 aromatic heterocycles. The second-order valence-electron chi connectivity index (χ2n) is 7.08. The molecule has 2 rings (SSSR count). The Bertz CT molecular complexity index is 711. The maximum atomic E-state index is 12.9. The Balaban J connectivity index is 2.09. The van der Waals surface area contributed by atoms with Crippen molar-refractivity contribution in [3.63, 3.8) is 0 Å². The monoisotopic (exact) mass is 388 g/mol. The van der Waals surface area contributed by atoms with Crippen molar-refractivity contribution in [2.45, 2.75) is 45.9 Å². The van der Waals surface area contributed by atoms with Crippen LogP contribution in [0.2, 0.25) is 5.02 Å². The van der Waals surface area contributed by atoms with Gasteiger partial charge in [0.25, 0.3) is 5.91 Å². The lowest BCUT2D eigenvalue weighted by Gasteiger charge is -2.30. The van der Waals surface area contributed by atoms with E-state index in [1.165, 1.54) is 0 Å². The number of para-hydroxylation sites is 1. The van der Waals surface area contributed by atoms with Gasteiger partial charge in [0.2, 0.25) is 6.10 Å². The van der Waals surface area contributed by atoms with Gasteiger partial charge in [-0.25, -0.2) is 0 Å². The topological polar surface area (TPSA) is 41.6 Å². The van der Waals surface area contributed by atoms with Crippen LogP contribution in [-0.2, 0) is 4.79 Å². The highest BCUT2D eigenvalue weighted by Crippen LogP contribution is 2.24. The Hall–Kier alpha value is -2.04. The van der Waals surface area contributed by atoms with Crippen molar-refractivity contribution in [2.24, 2.45) is 0 Å². The summed E-state index contributed by atoms with van der Waals surface area (Å²) in [6.07, 6.45) is -0.752. The van der Waals surface area contributed by atoms with Crippen molar-refractivity contribution >= 4 is 17.5 Å². The molecule has 0 saturated heterocycles. The van der Waals surface area contributed by atoms with Crippen LogP contribution in [0.3, 0.4) is 0 Å². The highest BCUT2D eigenvalue weighted by Gasteiger charge is 2.23. The quantitative estimate of drug-likeness (QED) is 0.677. The van der Waals surface area contributed by atoms with Gasteiger partial charge >= 0.3 is 0 Å². The summed E-state index contributed by atoms with van der Waals surface area (Å²) in [4.78, 5) is 15.2. The molecule has 0 aliphatic carbocycles. The smallest absolute Gasteiger partial charge is 0.265 e. The molecule has 0 fully saturated rings. The number of hydrogen-bond acceptors (Lipinski definition) is 3. The fraction of sp³-hybridized carbons (Fsp3) is 0.409. The van der Waals surface area contributed by atoms with Gasteiger partial charge in [0.15, 0.2) is 0 Å². The summed E-state index contributed by atoms with van der Waals surface area (Å²) in [5.74, 6) is 0.470. The van der Waals surface area contributed by atoms with Crippen LogP contribution in [0.15, 0.2) is 54.6 Å². The number of halogens is 1. The maximum absolute atomic E-state index is 12.9. The molecule has 5 heteroatoms. The van der Waals surface area contributed by atoms with Gasteiger partial charge in [-0.05, 0) is 52.0 Å². The third-order valence-corrected chi connectivity index (χ3v) is 4.62. The number of hydrogen-bond donors (Lipinski definition) is 1. The summed E-state index contributed by atoms with van der Waals surface area (Å²) in [5, 5.41) is 3.59. The number of benzene rings is 2. The van der Waals surface area contributed by atoms with E-state index in [-0.39, 0.29) is 5.91 Å². The molecule has 0 aliphatic heterocycles. The summed E-state index contributed by atoms with van der Waals surface area (Å²) >= 11 is 6.12. The molecule has 1 N–H and O–H groups in total. The third-order valence-electron chi connectivity index (χ3n) is 4.38. The lowest BCUT2D eigenvalue weighted by atomic mass is 10.1. The van der Waals surface area contributed by atoms with Gasteiger partial charge in [0.1, 0.15) is 5.75 Å². The molecule has 27 heavy (non-hydrogen) atoms. The molecular formula is C22H29ClN2O2. The zero-order valence-electron chi connectivity index (χ0n) is 16.5. The van der Waals surface area contributed by atoms with E-state index >= 15 is 0 Å². The molecule has 0 aliphatic rings. The van der Waals surface area contributed by atoms with Crippen molar-refractivity contribution < 1.29 is 9.53 Å². The molecule has 2 aromatic carbocycles. The van der Waals surface area contributed by atoms with E-state index in [1.807, 2.05) is 42.5 Å². The second kappa shape index (κ2) is 10.3. The SMILES string of the molecule is CC(C)N(CCNC(=O)[C@@H](Oc1ccccc1)c1cccc(Cl)c1)C(C)C. The normalized spacial score (nSPS) is 12.4. The number of carbonyl (C=O) groups excluding carboxylic acids is 1. The van der Waals surface area contributed by atoms with Gasteiger partial charge in [0, 0.05) is 35.8 Å². The van der Waals surface area contributed by atoms with Gasteiger partial charge in [-0.15, -0.1) is 0 Å². The molecule has 0 spiro atoms. The van der Waals surface area contributed by atoms with E-state index in [0.717, 1.165) is 12.1 Å². The summed E-state index contributed by atoms with van der Waals surface area (Å²) in [7, 11) is 0. The van der Waals surface area contributed by atoms with Gasteiger partial charge < -0.3 is 10.1 Å². The number of carbonyl (C=O) groups is 1. The number of nitrogens with one attached hydrogen (secondary N) is 1. The first-order valence-corrected chi connectivity index (χ1v) is 9.77. The minimum Gasteiger partial charge on any atom is -0.476 e. The fourth-order valence-electron chi connectivity index (χ4n) is 3.09. The Morgan fingerprint density at radius 3 is 2.30 bits per heavy atom. The minimum atomic E-state index is -0.752. The minimum absolute atomic E-state index is 0.173. The summed E-state index contributed by atoms with van der Waals surface area (Å²) in [5.41, 5.74) is 0.730. The predicted octanol–water partition coefficient (Wildman–Crippen LogP) is 4.70. The second-order valence-corrected chi connectivity index (χ2v) is 7.52. The van der Waals surface area contributed by atoms with Crippen molar-refractivity contribution in [3.8, 4) is 5.75 Å². The van der Waals surface area contributed by atoms with Crippen molar-refractivity contribution in [3.05, 3.63) is 65.2 Å². The maximum Gasteiger partial charge on any atom is 0.265 e. The van der Waals surface area contributed by atoms with Gasteiger partial charge in [-0.3, -0.25) is 9.69 Å². The standard InChI is InChI=1S/C22H29ClN2O2/c1-16(2)25(17(3)4)14-13-24-22(26)21(18-9-8-10-19(23)15-18)27-20-11-6-5-7-12-20/h5-12,15-17,21H,13-14H2,1-4H3,(H,24,26)/t21-/m0/s1. The van der Waals surface area contributed by atoms with Crippen LogP contribution in [0.5, 0.6) is 5.75 Å². The van der Waals surface area contributed by atoms with Crippen LogP contribution in [-0.4, -0.2) is 36.0 Å². The number of amides is 1. The molecule has 2 aromatic rings. The zero-order chi connectivity index (χ0) is 19.8. The van der Waals surface area contributed by atoms with Crippen LogP contribution < -0.4 is 10.1 Å². The van der Waals surface area contributed by atoms with E-state index in [9.17, 15) is 4.79 Å². The molecule has 0 heterocycles. The Labute approximate surface area is 167 Å². The molecule has 0 unspecified atom stereocenters. The van der Waals surface area contributed by atoms with Gasteiger partial charge in [-0.2, -0.15) is 0 Å². The number of ether oxygens (including phenoxy) is 1. The zero-order valence-corrected chi connectivity index (χ0v) is 17.2. The first-order valence-electron chi connectivity index (χ1n) is 9.39. The average Bonchev–Trinajstić information content (AvgIpc) is 2.63. The highest BCUT2D eigenvalue weighted by atomic mass is 35.5. The van der Waals surface area contributed by atoms with Crippen molar-refractivity contribution in [2.75, 3.05) is 13.1 Å². The van der Waals surface area contributed by atoms with E-state index < -0.39 is 6.10 Å². The van der Waals surface area contributed by atoms with Gasteiger partial charge in [0.05, 0.1) is 0 Å². The molecule has 0 saturated carbocycles. The predicted molar refractivity (Wildman–Crippen MR) is 111 cm³/mol. The van der Waals surface area contributed by atoms with Crippen LogP contribution in [0, 0.1) is 0 Å². The van der Waals surface area contributed by atoms with Crippen LogP contribution >= 0.6 is 11.6 Å². The first-order chi connectivity index (χ1) is 12.9. The van der Waals surface area contributed by atoms with Gasteiger partial charge in [-0.1, -0.05) is 41.9 Å². The molecule has 1 atom stereocenters. The third kappa shape index (κ3) is 6.56. The van der Waals surface area contributed by atoms with Crippen LogP contribution in [0.1, 0.15) is 39.4 Å². The van der Waals surface area contributed by atoms with E-state index in [1.54, 1.807) is 12.1 Å². The first kappa shape index (κ1) is 21.3. The van der Waals surface area contributed by atoms with Crippen molar-refractivity contribution in [1.29, 1.82) is 0 Å². The number of nitrogens with zero attached hydrogens (tertiary/aromatic N) is 1. The Kier molecular flexibility index (Phi) is 8.14. The lowest BCUT2D eigenvalue weighted by molar-refractivity contribution is -0.128. The lowest BCUT2D eigenvalue weighted by Crippen LogP contribution is -2.43. The summed E-state index contributed by atoms with van der Waals surface area (Å²) in [6.45, 7) is 9.99. The summed E-state index contributed by atoms with van der Waals surface area (Å²) < 4.78 is 5.99. The molecule has 4 nitrogen and oxygen atoms in total. The molecule has 0 bridgehead atoms. The summed E-state index contributed by atoms with van der Waals surface area (Å²) in [6, 6.07) is 17.4. The molecule has 146 valence electrons. The highest BCUT2D eigenvalue weighted by molar-refractivity contribution is 6.30. The number of rotatable bonds is 9.